The summed E-state index contributed by atoms with van der Waals surface area (Å²) in [6, 6.07) is 0. The van der Waals surface area contributed by atoms with Crippen molar-refractivity contribution < 1.29 is 28.6 Å². The molecule has 6 heteroatoms. The zero-order chi connectivity index (χ0) is 57.1. The van der Waals surface area contributed by atoms with Gasteiger partial charge in [0.2, 0.25) is 0 Å². The van der Waals surface area contributed by atoms with Crippen LogP contribution in [-0.2, 0) is 28.6 Å². The van der Waals surface area contributed by atoms with Crippen molar-refractivity contribution in [2.75, 3.05) is 13.2 Å². The zero-order valence-corrected chi connectivity index (χ0v) is 49.8. The second-order valence-electron chi connectivity index (χ2n) is 19.1. The molecule has 0 saturated carbocycles. The van der Waals surface area contributed by atoms with E-state index in [9.17, 15) is 14.4 Å². The van der Waals surface area contributed by atoms with Gasteiger partial charge in [0.1, 0.15) is 13.2 Å². The first-order valence-electron chi connectivity index (χ1n) is 30.6. The molecule has 0 rings (SSSR count). The van der Waals surface area contributed by atoms with E-state index in [4.69, 9.17) is 14.2 Å². The minimum Gasteiger partial charge on any atom is -0.462 e. The minimum absolute atomic E-state index is 0.140. The summed E-state index contributed by atoms with van der Waals surface area (Å²) in [6.07, 6.45) is 99.8. The molecule has 0 aliphatic heterocycles. The molecule has 0 heterocycles. The highest BCUT2D eigenvalue weighted by molar-refractivity contribution is 5.71. The van der Waals surface area contributed by atoms with Gasteiger partial charge >= 0.3 is 17.9 Å². The lowest BCUT2D eigenvalue weighted by molar-refractivity contribution is -0.167. The van der Waals surface area contributed by atoms with Crippen LogP contribution < -0.4 is 0 Å². The van der Waals surface area contributed by atoms with Crippen LogP contribution in [0, 0.1) is 0 Å². The van der Waals surface area contributed by atoms with E-state index in [1.165, 1.54) is 0 Å². The Hall–Kier alpha value is -6.01. The molecule has 0 N–H and O–H groups in total. The summed E-state index contributed by atoms with van der Waals surface area (Å²) in [5, 5.41) is 0. The van der Waals surface area contributed by atoms with Crippen LogP contribution >= 0.6 is 0 Å². The summed E-state index contributed by atoms with van der Waals surface area (Å²) in [4.78, 5) is 38.2. The molecule has 0 aromatic rings. The SMILES string of the molecule is CC/C=C\C/C=C\C/C=C\C/C=C\C/C=C\C/C=C\C/C=C\C/C=C\CCCCCCC(=O)OCC(COC(=O)CCCC/C=C\C/C=C\C/C=C\C/C=C\CC)OC(=O)CCC/C=C\C/C=C\C/C=C\C/C=C\C/C=C\CC. The first-order valence-corrected chi connectivity index (χ1v) is 30.6. The zero-order valence-electron chi connectivity index (χ0n) is 49.8. The standard InChI is InChI=1S/C73H108O6/c1-4-7-10-13-16-19-22-25-28-30-31-32-33-34-35-36-37-38-39-40-41-43-45-48-51-54-57-60-63-66-72(75)78-69-70(68-77-71(74)65-62-59-56-53-50-47-44-27-24-21-18-15-12-9-6-3)79-73(76)67-64-61-58-55-52-49-46-42-29-26-23-20-17-14-11-8-5-2/h7-12,16-21,25-29,31-32,34-35,37-38,40-41,44-46,48-50,53,55,58,70H,4-6,13-15,22-24,30,33,36,39,42-43,47,51-52,54,56-57,59-69H2,1-3H3/b10-7-,11-8-,12-9-,19-16-,20-17-,21-18-,28-25-,29-26-,32-31-,35-34-,38-37-,41-40-,44-27-,48-45-,49-46-,53-50-,58-55-. The monoisotopic (exact) mass is 1080 g/mol. The Morgan fingerprint density at radius 3 is 0.759 bits per heavy atom. The molecular weight excluding hydrogens is 973 g/mol. The Balaban J connectivity index is 4.55. The quantitative estimate of drug-likeness (QED) is 0.0261. The van der Waals surface area contributed by atoms with Crippen LogP contribution in [0.1, 0.15) is 213 Å². The van der Waals surface area contributed by atoms with Gasteiger partial charge in [-0.1, -0.05) is 240 Å². The van der Waals surface area contributed by atoms with Gasteiger partial charge in [-0.3, -0.25) is 14.4 Å². The predicted octanol–water partition coefficient (Wildman–Crippen LogP) is 21.2. The van der Waals surface area contributed by atoms with Crippen LogP contribution in [-0.4, -0.2) is 37.2 Å². The predicted molar refractivity (Wildman–Crippen MR) is 343 cm³/mol. The average Bonchev–Trinajstić information content (AvgIpc) is 3.45. The molecule has 0 aromatic carbocycles. The average molecular weight is 1080 g/mol. The van der Waals surface area contributed by atoms with E-state index in [-0.39, 0.29) is 38.0 Å². The molecule has 0 spiro atoms. The van der Waals surface area contributed by atoms with Gasteiger partial charge in [0, 0.05) is 19.3 Å². The fraction of sp³-hybridized carbons (Fsp3) is 0.493. The largest absolute Gasteiger partial charge is 0.462 e. The molecule has 0 bridgehead atoms. The van der Waals surface area contributed by atoms with Crippen molar-refractivity contribution >= 4 is 17.9 Å². The van der Waals surface area contributed by atoms with Crippen molar-refractivity contribution in [3.8, 4) is 0 Å². The molecular formula is C73H108O6. The minimum atomic E-state index is -0.850. The maximum absolute atomic E-state index is 12.9. The van der Waals surface area contributed by atoms with Crippen LogP contribution in [0.4, 0.5) is 0 Å². The van der Waals surface area contributed by atoms with Crippen LogP contribution in [0.2, 0.25) is 0 Å². The maximum Gasteiger partial charge on any atom is 0.306 e. The fourth-order valence-corrected chi connectivity index (χ4v) is 7.31. The second-order valence-corrected chi connectivity index (χ2v) is 19.1. The Bertz CT molecular complexity index is 1960. The first-order chi connectivity index (χ1) is 39.0. The number of hydrogen-bond donors (Lipinski definition) is 0. The number of carbonyl (C=O) groups excluding carboxylic acids is 3. The Kier molecular flexibility index (Phi) is 59.6. The molecule has 0 aromatic heterocycles. The van der Waals surface area contributed by atoms with Crippen molar-refractivity contribution in [1.29, 1.82) is 0 Å². The lowest BCUT2D eigenvalue weighted by Gasteiger charge is -2.18. The fourth-order valence-electron chi connectivity index (χ4n) is 7.31. The lowest BCUT2D eigenvalue weighted by Crippen LogP contribution is -2.30. The van der Waals surface area contributed by atoms with E-state index < -0.39 is 12.1 Å². The van der Waals surface area contributed by atoms with Gasteiger partial charge in [0.15, 0.2) is 6.10 Å². The van der Waals surface area contributed by atoms with Crippen LogP contribution in [0.5, 0.6) is 0 Å². The summed E-state index contributed by atoms with van der Waals surface area (Å²) >= 11 is 0. The van der Waals surface area contributed by atoms with Gasteiger partial charge < -0.3 is 14.2 Å². The summed E-state index contributed by atoms with van der Waals surface area (Å²) in [5.41, 5.74) is 0. The molecule has 0 radical (unpaired) electrons. The van der Waals surface area contributed by atoms with E-state index in [2.05, 4.69) is 227 Å². The molecule has 436 valence electrons. The summed E-state index contributed by atoms with van der Waals surface area (Å²) in [7, 11) is 0. The number of rotatable bonds is 52. The van der Waals surface area contributed by atoms with Gasteiger partial charge in [-0.25, -0.2) is 0 Å². The number of hydrogen-bond acceptors (Lipinski definition) is 6. The number of allylic oxidation sites excluding steroid dienone is 34. The van der Waals surface area contributed by atoms with Gasteiger partial charge in [-0.05, 0) is 161 Å². The van der Waals surface area contributed by atoms with Gasteiger partial charge in [0.05, 0.1) is 0 Å². The van der Waals surface area contributed by atoms with Crippen molar-refractivity contribution in [2.24, 2.45) is 0 Å². The number of carbonyl (C=O) groups is 3. The first kappa shape index (κ1) is 73.0. The van der Waals surface area contributed by atoms with E-state index in [0.29, 0.717) is 19.3 Å². The van der Waals surface area contributed by atoms with Gasteiger partial charge in [-0.2, -0.15) is 0 Å². The van der Waals surface area contributed by atoms with E-state index in [0.717, 1.165) is 161 Å². The Morgan fingerprint density at radius 2 is 0.468 bits per heavy atom. The van der Waals surface area contributed by atoms with Crippen molar-refractivity contribution in [3.63, 3.8) is 0 Å². The second kappa shape index (κ2) is 64.5. The van der Waals surface area contributed by atoms with Crippen molar-refractivity contribution in [2.45, 2.75) is 219 Å². The maximum atomic E-state index is 12.9. The van der Waals surface area contributed by atoms with Crippen molar-refractivity contribution in [3.05, 3.63) is 207 Å². The number of ether oxygens (including phenoxy) is 3. The van der Waals surface area contributed by atoms with Crippen LogP contribution in [0.15, 0.2) is 207 Å². The smallest absolute Gasteiger partial charge is 0.306 e. The Labute approximate surface area is 483 Å². The molecule has 0 saturated heterocycles. The molecule has 1 unspecified atom stereocenters. The molecule has 0 aliphatic rings. The lowest BCUT2D eigenvalue weighted by atomic mass is 10.1. The van der Waals surface area contributed by atoms with Crippen LogP contribution in [0.25, 0.3) is 0 Å². The van der Waals surface area contributed by atoms with Crippen LogP contribution in [0.3, 0.4) is 0 Å². The van der Waals surface area contributed by atoms with E-state index >= 15 is 0 Å². The molecule has 79 heavy (non-hydrogen) atoms. The Morgan fingerprint density at radius 1 is 0.253 bits per heavy atom. The summed E-state index contributed by atoms with van der Waals surface area (Å²) in [5.74, 6) is -1.08. The molecule has 0 aliphatic carbocycles. The van der Waals surface area contributed by atoms with Crippen molar-refractivity contribution in [1.82, 2.24) is 0 Å². The van der Waals surface area contributed by atoms with E-state index in [1.807, 2.05) is 0 Å². The highest BCUT2D eigenvalue weighted by atomic mass is 16.6. The number of unbranched alkanes of at least 4 members (excludes halogenated alkanes) is 7. The molecule has 0 fully saturated rings. The third-order valence-electron chi connectivity index (χ3n) is 11.8. The molecule has 1 atom stereocenters. The molecule has 6 nitrogen and oxygen atoms in total. The third-order valence-corrected chi connectivity index (χ3v) is 11.8. The third kappa shape index (κ3) is 62.7. The number of esters is 3. The van der Waals surface area contributed by atoms with E-state index in [1.54, 1.807) is 0 Å². The summed E-state index contributed by atoms with van der Waals surface area (Å²) < 4.78 is 16.8. The van der Waals surface area contributed by atoms with Gasteiger partial charge in [0.25, 0.3) is 0 Å². The summed E-state index contributed by atoms with van der Waals surface area (Å²) in [6.45, 7) is 6.16. The topological polar surface area (TPSA) is 78.9 Å². The highest BCUT2D eigenvalue weighted by Crippen LogP contribution is 2.11. The van der Waals surface area contributed by atoms with Gasteiger partial charge in [-0.15, -0.1) is 0 Å². The normalized spacial score (nSPS) is 13.6. The molecule has 0 amide bonds. The highest BCUT2D eigenvalue weighted by Gasteiger charge is 2.19.